The highest BCUT2D eigenvalue weighted by Crippen LogP contribution is 2.48. The standard InChI is InChI=1S/C20H15ClF3N3O2/c21-14-6-4-11(5-7-14)18-26-17(29-27-18)10-25-19(28)16-9-15(16)12-2-1-3-13(8-12)20(22,23)24/h1-8,15-16H,9-10H2,(H,25,28). The molecule has 1 aliphatic carbocycles. The Kier molecular flexibility index (Phi) is 5.04. The van der Waals surface area contributed by atoms with E-state index in [1.807, 2.05) is 0 Å². The molecule has 9 heteroatoms. The fraction of sp³-hybridized carbons (Fsp3) is 0.250. The Morgan fingerprint density at radius 2 is 1.97 bits per heavy atom. The van der Waals surface area contributed by atoms with Crippen LogP contribution >= 0.6 is 11.6 Å². The third kappa shape index (κ3) is 4.42. The molecule has 1 amide bonds. The van der Waals surface area contributed by atoms with E-state index in [1.165, 1.54) is 6.07 Å². The van der Waals surface area contributed by atoms with Crippen LogP contribution in [0.25, 0.3) is 11.4 Å². The van der Waals surface area contributed by atoms with E-state index in [-0.39, 0.29) is 30.2 Å². The van der Waals surface area contributed by atoms with Gasteiger partial charge in [0.15, 0.2) is 0 Å². The van der Waals surface area contributed by atoms with Crippen molar-refractivity contribution >= 4 is 17.5 Å². The van der Waals surface area contributed by atoms with Gasteiger partial charge in [0.05, 0.1) is 12.1 Å². The van der Waals surface area contributed by atoms with Gasteiger partial charge >= 0.3 is 6.18 Å². The molecule has 2 aromatic carbocycles. The second-order valence-corrected chi connectivity index (χ2v) is 7.24. The molecule has 5 nitrogen and oxygen atoms in total. The molecule has 150 valence electrons. The molecule has 4 rings (SSSR count). The summed E-state index contributed by atoms with van der Waals surface area (Å²) in [6, 6.07) is 12.0. The number of rotatable bonds is 5. The summed E-state index contributed by atoms with van der Waals surface area (Å²) < 4.78 is 43.7. The minimum absolute atomic E-state index is 0.0469. The van der Waals surface area contributed by atoms with Gasteiger partial charge in [-0.05, 0) is 48.2 Å². The molecule has 1 saturated carbocycles. The van der Waals surface area contributed by atoms with Gasteiger partial charge in [-0.2, -0.15) is 18.2 Å². The van der Waals surface area contributed by atoms with Crippen molar-refractivity contribution in [2.45, 2.75) is 25.1 Å². The monoisotopic (exact) mass is 421 g/mol. The Balaban J connectivity index is 1.34. The number of carbonyl (C=O) groups excluding carboxylic acids is 1. The minimum Gasteiger partial charge on any atom is -0.347 e. The summed E-state index contributed by atoms with van der Waals surface area (Å²) >= 11 is 5.84. The van der Waals surface area contributed by atoms with Gasteiger partial charge in [0.25, 0.3) is 0 Å². The van der Waals surface area contributed by atoms with Crippen LogP contribution in [0.4, 0.5) is 13.2 Å². The number of hydrogen-bond donors (Lipinski definition) is 1. The number of carbonyl (C=O) groups is 1. The van der Waals surface area contributed by atoms with E-state index in [9.17, 15) is 18.0 Å². The average molecular weight is 422 g/mol. The molecule has 2 unspecified atom stereocenters. The SMILES string of the molecule is O=C(NCc1nc(-c2ccc(Cl)cc2)no1)C1CC1c1cccc(C(F)(F)F)c1. The highest BCUT2D eigenvalue weighted by Gasteiger charge is 2.44. The van der Waals surface area contributed by atoms with E-state index in [1.54, 1.807) is 30.3 Å². The van der Waals surface area contributed by atoms with Gasteiger partial charge < -0.3 is 9.84 Å². The first-order valence-corrected chi connectivity index (χ1v) is 9.22. The summed E-state index contributed by atoms with van der Waals surface area (Å²) in [5, 5.41) is 7.15. The molecule has 0 bridgehead atoms. The van der Waals surface area contributed by atoms with Crippen molar-refractivity contribution in [2.75, 3.05) is 0 Å². The van der Waals surface area contributed by atoms with E-state index in [2.05, 4.69) is 15.5 Å². The summed E-state index contributed by atoms with van der Waals surface area (Å²) in [7, 11) is 0. The van der Waals surface area contributed by atoms with Gasteiger partial charge in [-0.15, -0.1) is 0 Å². The van der Waals surface area contributed by atoms with Gasteiger partial charge in [0.2, 0.25) is 17.6 Å². The summed E-state index contributed by atoms with van der Waals surface area (Å²) in [5.74, 6) is -0.223. The molecule has 3 aromatic rings. The maximum absolute atomic E-state index is 12.9. The largest absolute Gasteiger partial charge is 0.416 e. The molecule has 0 aliphatic heterocycles. The van der Waals surface area contributed by atoms with Crippen LogP contribution in [-0.4, -0.2) is 16.0 Å². The fourth-order valence-electron chi connectivity index (χ4n) is 3.14. The number of nitrogens with one attached hydrogen (secondary N) is 1. The van der Waals surface area contributed by atoms with Crippen LogP contribution in [0.2, 0.25) is 5.02 Å². The van der Waals surface area contributed by atoms with E-state index in [0.29, 0.717) is 22.8 Å². The van der Waals surface area contributed by atoms with Crippen LogP contribution in [0.5, 0.6) is 0 Å². The lowest BCUT2D eigenvalue weighted by Crippen LogP contribution is -2.25. The second kappa shape index (κ2) is 7.51. The summed E-state index contributed by atoms with van der Waals surface area (Å²) in [6.07, 6.45) is -3.89. The molecule has 0 saturated heterocycles. The smallest absolute Gasteiger partial charge is 0.347 e. The second-order valence-electron chi connectivity index (χ2n) is 6.81. The van der Waals surface area contributed by atoms with Crippen molar-refractivity contribution < 1.29 is 22.5 Å². The normalized spacial score (nSPS) is 18.5. The van der Waals surface area contributed by atoms with E-state index >= 15 is 0 Å². The first-order chi connectivity index (χ1) is 13.8. The van der Waals surface area contributed by atoms with Crippen molar-refractivity contribution in [1.82, 2.24) is 15.5 Å². The van der Waals surface area contributed by atoms with Gasteiger partial charge in [-0.25, -0.2) is 0 Å². The molecule has 2 atom stereocenters. The lowest BCUT2D eigenvalue weighted by molar-refractivity contribution is -0.137. The lowest BCUT2D eigenvalue weighted by Gasteiger charge is -2.08. The van der Waals surface area contributed by atoms with E-state index < -0.39 is 11.7 Å². The number of amides is 1. The number of aromatic nitrogens is 2. The molecular weight excluding hydrogens is 407 g/mol. The Morgan fingerprint density at radius 3 is 2.69 bits per heavy atom. The van der Waals surface area contributed by atoms with Gasteiger partial charge in [-0.1, -0.05) is 35.0 Å². The quantitative estimate of drug-likeness (QED) is 0.640. The number of halogens is 4. The molecule has 1 aromatic heterocycles. The maximum Gasteiger partial charge on any atom is 0.416 e. The molecule has 1 aliphatic rings. The molecule has 1 heterocycles. The van der Waals surface area contributed by atoms with Crippen LogP contribution < -0.4 is 5.32 Å². The minimum atomic E-state index is -4.40. The highest BCUT2D eigenvalue weighted by atomic mass is 35.5. The molecule has 0 radical (unpaired) electrons. The fourth-order valence-corrected chi connectivity index (χ4v) is 3.26. The molecule has 1 N–H and O–H groups in total. The zero-order valence-corrected chi connectivity index (χ0v) is 15.7. The van der Waals surface area contributed by atoms with Crippen molar-refractivity contribution in [1.29, 1.82) is 0 Å². The Hall–Kier alpha value is -2.87. The first-order valence-electron chi connectivity index (χ1n) is 8.84. The van der Waals surface area contributed by atoms with Gasteiger partial charge in [0, 0.05) is 16.5 Å². The average Bonchev–Trinajstić information content (AvgIpc) is 3.37. The third-order valence-electron chi connectivity index (χ3n) is 4.75. The molecule has 1 fully saturated rings. The topological polar surface area (TPSA) is 68.0 Å². The summed E-state index contributed by atoms with van der Waals surface area (Å²) in [5.41, 5.74) is 0.534. The zero-order valence-electron chi connectivity index (χ0n) is 14.9. The van der Waals surface area contributed by atoms with Crippen LogP contribution in [0.3, 0.4) is 0 Å². The number of alkyl halides is 3. The van der Waals surface area contributed by atoms with Crippen LogP contribution in [0.1, 0.15) is 29.4 Å². The van der Waals surface area contributed by atoms with Crippen LogP contribution in [-0.2, 0) is 17.5 Å². The van der Waals surface area contributed by atoms with E-state index in [4.69, 9.17) is 16.1 Å². The maximum atomic E-state index is 12.9. The molecule has 29 heavy (non-hydrogen) atoms. The van der Waals surface area contributed by atoms with Gasteiger partial charge in [-0.3, -0.25) is 4.79 Å². The van der Waals surface area contributed by atoms with Crippen LogP contribution in [0, 0.1) is 5.92 Å². The number of hydrogen-bond acceptors (Lipinski definition) is 4. The van der Waals surface area contributed by atoms with Crippen molar-refractivity contribution in [2.24, 2.45) is 5.92 Å². The van der Waals surface area contributed by atoms with Crippen molar-refractivity contribution in [3.63, 3.8) is 0 Å². The first kappa shape index (κ1) is 19.4. The molecular formula is C20H15ClF3N3O2. The number of nitrogens with zero attached hydrogens (tertiary/aromatic N) is 2. The predicted octanol–water partition coefficient (Wildman–Crippen LogP) is 4.83. The third-order valence-corrected chi connectivity index (χ3v) is 5.01. The Morgan fingerprint density at radius 1 is 1.21 bits per heavy atom. The molecule has 0 spiro atoms. The Labute approximate surface area is 168 Å². The van der Waals surface area contributed by atoms with Crippen LogP contribution in [0.15, 0.2) is 53.1 Å². The van der Waals surface area contributed by atoms with Gasteiger partial charge in [0.1, 0.15) is 0 Å². The van der Waals surface area contributed by atoms with Crippen molar-refractivity contribution in [3.8, 4) is 11.4 Å². The predicted molar refractivity (Wildman–Crippen MR) is 98.9 cm³/mol. The Bertz CT molecular complexity index is 1030. The van der Waals surface area contributed by atoms with E-state index in [0.717, 1.165) is 17.7 Å². The number of benzene rings is 2. The zero-order chi connectivity index (χ0) is 20.6. The summed E-state index contributed by atoms with van der Waals surface area (Å²) in [6.45, 7) is 0.0469. The highest BCUT2D eigenvalue weighted by molar-refractivity contribution is 6.30. The van der Waals surface area contributed by atoms with Crippen molar-refractivity contribution in [3.05, 3.63) is 70.6 Å². The summed E-state index contributed by atoms with van der Waals surface area (Å²) in [4.78, 5) is 16.5. The lowest BCUT2D eigenvalue weighted by atomic mass is 10.1.